The summed E-state index contributed by atoms with van der Waals surface area (Å²) in [4.78, 5) is 38.0. The summed E-state index contributed by atoms with van der Waals surface area (Å²) >= 11 is 0. The second kappa shape index (κ2) is 6.92. The van der Waals surface area contributed by atoms with Gasteiger partial charge in [0.2, 0.25) is 0 Å². The van der Waals surface area contributed by atoms with Crippen molar-refractivity contribution in [3.63, 3.8) is 0 Å². The van der Waals surface area contributed by atoms with Crippen LogP contribution in [0, 0.1) is 0 Å². The lowest BCUT2D eigenvalue weighted by Crippen LogP contribution is -2.33. The molecule has 0 atom stereocenters. The minimum atomic E-state index is -0.325. The van der Waals surface area contributed by atoms with Gasteiger partial charge >= 0.3 is 0 Å². The summed E-state index contributed by atoms with van der Waals surface area (Å²) in [7, 11) is 0. The van der Waals surface area contributed by atoms with Crippen LogP contribution in [0.3, 0.4) is 0 Å². The molecule has 3 amide bonds. The molecule has 2 aromatic rings. The molecule has 0 aromatic heterocycles. The first-order chi connectivity index (χ1) is 13.1. The number of hydrogen-bond acceptors (Lipinski definition) is 4. The van der Waals surface area contributed by atoms with Crippen LogP contribution in [-0.4, -0.2) is 24.5 Å². The minimum absolute atomic E-state index is 0.106. The number of carbonyl (C=O) groups is 3. The molecule has 0 radical (unpaired) electrons. The van der Waals surface area contributed by atoms with E-state index in [1.807, 2.05) is 36.4 Å². The smallest absolute Gasteiger partial charge is 0.258 e. The molecule has 0 saturated carbocycles. The summed E-state index contributed by atoms with van der Waals surface area (Å²) in [5.74, 6) is -0.756. The molecular formula is C21H16N2O4. The van der Waals surface area contributed by atoms with Gasteiger partial charge in [0, 0.05) is 23.9 Å². The van der Waals surface area contributed by atoms with Crippen molar-refractivity contribution in [2.75, 3.05) is 16.5 Å². The van der Waals surface area contributed by atoms with Crippen molar-refractivity contribution in [1.29, 1.82) is 0 Å². The van der Waals surface area contributed by atoms with Crippen LogP contribution < -0.4 is 9.80 Å². The molecule has 4 rings (SSSR count). The number of carbonyl (C=O) groups excluding carboxylic acids is 3. The Kier molecular flexibility index (Phi) is 4.30. The van der Waals surface area contributed by atoms with Gasteiger partial charge in [-0.2, -0.15) is 0 Å². The molecule has 0 bridgehead atoms. The van der Waals surface area contributed by atoms with Crippen molar-refractivity contribution in [1.82, 2.24) is 0 Å². The van der Waals surface area contributed by atoms with Gasteiger partial charge in [-0.25, -0.2) is 4.90 Å². The Labute approximate surface area is 155 Å². The van der Waals surface area contributed by atoms with Crippen LogP contribution in [-0.2, 0) is 25.5 Å². The molecule has 0 aliphatic carbocycles. The van der Waals surface area contributed by atoms with Crippen molar-refractivity contribution in [2.45, 2.75) is 6.42 Å². The molecule has 2 heterocycles. The van der Waals surface area contributed by atoms with Gasteiger partial charge in [-0.1, -0.05) is 24.3 Å². The van der Waals surface area contributed by atoms with Crippen LogP contribution in [0.1, 0.15) is 11.1 Å². The molecule has 2 aliphatic heterocycles. The summed E-state index contributed by atoms with van der Waals surface area (Å²) in [5.41, 5.74) is 3.48. The van der Waals surface area contributed by atoms with E-state index in [9.17, 15) is 14.4 Å². The zero-order valence-electron chi connectivity index (χ0n) is 14.4. The van der Waals surface area contributed by atoms with Crippen LogP contribution in [0.2, 0.25) is 0 Å². The monoisotopic (exact) mass is 360 g/mol. The largest absolute Gasteiger partial charge is 0.480 e. The van der Waals surface area contributed by atoms with E-state index < -0.39 is 0 Å². The van der Waals surface area contributed by atoms with E-state index in [1.165, 1.54) is 24.5 Å². The van der Waals surface area contributed by atoms with Crippen LogP contribution in [0.25, 0.3) is 0 Å². The maximum atomic E-state index is 11.9. The fourth-order valence-corrected chi connectivity index (χ4v) is 3.03. The molecule has 6 heteroatoms. The molecule has 0 unspecified atom stereocenters. The summed E-state index contributed by atoms with van der Waals surface area (Å²) in [5, 5.41) is 0. The number of rotatable bonds is 4. The third-order valence-corrected chi connectivity index (χ3v) is 4.44. The van der Waals surface area contributed by atoms with Crippen molar-refractivity contribution >= 4 is 29.1 Å². The van der Waals surface area contributed by atoms with Crippen LogP contribution >= 0.6 is 0 Å². The molecule has 6 nitrogen and oxygen atoms in total. The van der Waals surface area contributed by atoms with E-state index in [-0.39, 0.29) is 24.5 Å². The average molecular weight is 360 g/mol. The Morgan fingerprint density at radius 2 is 1.26 bits per heavy atom. The number of nitrogens with zero attached hydrogens (tertiary/aromatic N) is 2. The van der Waals surface area contributed by atoms with Gasteiger partial charge < -0.3 is 4.74 Å². The molecule has 0 N–H and O–H groups in total. The van der Waals surface area contributed by atoms with Crippen LogP contribution in [0.5, 0.6) is 0 Å². The van der Waals surface area contributed by atoms with Gasteiger partial charge in [0.1, 0.15) is 0 Å². The maximum absolute atomic E-state index is 11.9. The maximum Gasteiger partial charge on any atom is 0.258 e. The summed E-state index contributed by atoms with van der Waals surface area (Å²) in [6.07, 6.45) is 6.03. The number of ether oxygens (including phenoxy) is 1. The van der Waals surface area contributed by atoms with Crippen molar-refractivity contribution in [3.8, 4) is 0 Å². The van der Waals surface area contributed by atoms with E-state index in [2.05, 4.69) is 0 Å². The van der Waals surface area contributed by atoms with Gasteiger partial charge in [0.05, 0.1) is 11.9 Å². The normalized spacial score (nSPS) is 16.2. The Balaban J connectivity index is 1.45. The average Bonchev–Trinajstić information content (AvgIpc) is 3.02. The molecule has 27 heavy (non-hydrogen) atoms. The number of anilines is 2. The second-order valence-corrected chi connectivity index (χ2v) is 6.22. The number of hydrogen-bond donors (Lipinski definition) is 0. The predicted molar refractivity (Wildman–Crippen MR) is 99.9 cm³/mol. The first kappa shape index (κ1) is 16.8. The zero-order valence-corrected chi connectivity index (χ0v) is 14.4. The fourth-order valence-electron chi connectivity index (χ4n) is 3.03. The van der Waals surface area contributed by atoms with E-state index in [1.54, 1.807) is 17.0 Å². The fraction of sp³-hybridized carbons (Fsp3) is 0.0952. The Morgan fingerprint density at radius 3 is 1.81 bits per heavy atom. The van der Waals surface area contributed by atoms with E-state index in [0.29, 0.717) is 12.1 Å². The SMILES string of the molecule is O=C1C=COCN1c1ccc(Cc2ccc(N3C(=O)C=CC3=O)cc2)cc1. The van der Waals surface area contributed by atoms with E-state index >= 15 is 0 Å². The number of benzene rings is 2. The highest BCUT2D eigenvalue weighted by atomic mass is 16.5. The minimum Gasteiger partial charge on any atom is -0.480 e. The van der Waals surface area contributed by atoms with Gasteiger partial charge in [-0.15, -0.1) is 0 Å². The van der Waals surface area contributed by atoms with E-state index in [0.717, 1.165) is 21.7 Å². The molecule has 2 aromatic carbocycles. The highest BCUT2D eigenvalue weighted by molar-refractivity contribution is 6.28. The number of amides is 3. The summed E-state index contributed by atoms with van der Waals surface area (Å²) in [6, 6.07) is 15.0. The lowest BCUT2D eigenvalue weighted by Gasteiger charge is -2.23. The highest BCUT2D eigenvalue weighted by Crippen LogP contribution is 2.22. The lowest BCUT2D eigenvalue weighted by atomic mass is 10.0. The predicted octanol–water partition coefficient (Wildman–Crippen LogP) is 2.54. The topological polar surface area (TPSA) is 66.9 Å². The van der Waals surface area contributed by atoms with Gasteiger partial charge in [0.25, 0.3) is 17.7 Å². The molecule has 0 fully saturated rings. The standard InChI is InChI=1S/C21H16N2O4/c24-19-11-12-27-14-22(19)17-5-1-15(2-6-17)13-16-3-7-18(8-4-16)23-20(25)9-10-21(23)26/h1-12H,13-14H2. The molecule has 2 aliphatic rings. The van der Waals surface area contributed by atoms with Gasteiger partial charge in [-0.3, -0.25) is 19.3 Å². The third-order valence-electron chi connectivity index (χ3n) is 4.44. The Morgan fingerprint density at radius 1 is 0.704 bits per heavy atom. The third kappa shape index (κ3) is 3.37. The van der Waals surface area contributed by atoms with Crippen molar-refractivity contribution in [2.24, 2.45) is 0 Å². The highest BCUT2D eigenvalue weighted by Gasteiger charge is 2.24. The molecule has 0 spiro atoms. The Hall–Kier alpha value is -3.67. The lowest BCUT2D eigenvalue weighted by molar-refractivity contribution is -0.120. The molecule has 134 valence electrons. The van der Waals surface area contributed by atoms with Crippen molar-refractivity contribution < 1.29 is 19.1 Å². The van der Waals surface area contributed by atoms with E-state index in [4.69, 9.17) is 4.74 Å². The second-order valence-electron chi connectivity index (χ2n) is 6.22. The Bertz CT molecular complexity index is 941. The summed E-state index contributed by atoms with van der Waals surface area (Å²) in [6.45, 7) is 0.207. The van der Waals surface area contributed by atoms with Crippen LogP contribution in [0.4, 0.5) is 11.4 Å². The quantitative estimate of drug-likeness (QED) is 0.786. The van der Waals surface area contributed by atoms with Gasteiger partial charge in [0.15, 0.2) is 6.73 Å². The zero-order chi connectivity index (χ0) is 18.8. The number of imide groups is 1. The van der Waals surface area contributed by atoms with Crippen molar-refractivity contribution in [3.05, 3.63) is 84.1 Å². The van der Waals surface area contributed by atoms with Gasteiger partial charge in [-0.05, 0) is 41.8 Å². The van der Waals surface area contributed by atoms with Crippen LogP contribution in [0.15, 0.2) is 73.0 Å². The summed E-state index contributed by atoms with van der Waals surface area (Å²) < 4.78 is 5.17. The first-order valence-electron chi connectivity index (χ1n) is 8.45. The molecular weight excluding hydrogens is 344 g/mol. The first-order valence-corrected chi connectivity index (χ1v) is 8.45. The molecule has 0 saturated heterocycles.